The quantitative estimate of drug-likeness (QED) is 0.728. The maximum Gasteiger partial charge on any atom is 0.241 e. The smallest absolute Gasteiger partial charge is 0.241 e. The standard InChI is InChI=1S/C17H25N5O4/c1-20(2)15(23)10-22-12-6-5-11(16(22)24)8-21(9-12)17-18-13(25-3)7-14(19-17)26-4/h7,11-12H,5-6,8-10H2,1-4H3/t11-,12+/m1/s1. The van der Waals surface area contributed by atoms with Gasteiger partial charge in [0.25, 0.3) is 0 Å². The summed E-state index contributed by atoms with van der Waals surface area (Å²) in [5, 5.41) is 0. The summed E-state index contributed by atoms with van der Waals surface area (Å²) in [5.74, 6) is 1.10. The third-order valence-corrected chi connectivity index (χ3v) is 4.97. The third kappa shape index (κ3) is 3.51. The van der Waals surface area contributed by atoms with Gasteiger partial charge in [-0.3, -0.25) is 9.59 Å². The number of methoxy groups -OCH3 is 2. The maximum atomic E-state index is 12.8. The van der Waals surface area contributed by atoms with E-state index in [-0.39, 0.29) is 30.3 Å². The zero-order valence-corrected chi connectivity index (χ0v) is 15.6. The van der Waals surface area contributed by atoms with Gasteiger partial charge in [0.15, 0.2) is 0 Å². The largest absolute Gasteiger partial charge is 0.481 e. The molecule has 1 aromatic heterocycles. The number of aromatic nitrogens is 2. The lowest BCUT2D eigenvalue weighted by molar-refractivity contribution is -0.145. The number of piperidine rings is 1. The molecule has 0 unspecified atom stereocenters. The van der Waals surface area contributed by atoms with E-state index in [2.05, 4.69) is 9.97 Å². The van der Waals surface area contributed by atoms with Crippen molar-refractivity contribution in [3.8, 4) is 11.8 Å². The average molecular weight is 363 g/mol. The molecule has 9 nitrogen and oxygen atoms in total. The molecule has 2 atom stereocenters. The fourth-order valence-electron chi connectivity index (χ4n) is 3.44. The summed E-state index contributed by atoms with van der Waals surface area (Å²) in [6.07, 6.45) is 1.68. The van der Waals surface area contributed by atoms with E-state index in [0.29, 0.717) is 30.8 Å². The number of nitrogens with zero attached hydrogens (tertiary/aromatic N) is 5. The highest BCUT2D eigenvalue weighted by Gasteiger charge is 2.42. The number of ether oxygens (including phenoxy) is 2. The molecule has 3 saturated heterocycles. The molecule has 0 aromatic carbocycles. The molecular formula is C17H25N5O4. The number of carbonyl (C=O) groups is 2. The number of hydrogen-bond donors (Lipinski definition) is 0. The minimum absolute atomic E-state index is 0.0359. The lowest BCUT2D eigenvalue weighted by Crippen LogP contribution is -2.51. The molecule has 0 aliphatic carbocycles. The second-order valence-corrected chi connectivity index (χ2v) is 6.84. The van der Waals surface area contributed by atoms with E-state index in [1.54, 1.807) is 25.1 Å². The van der Waals surface area contributed by atoms with Crippen molar-refractivity contribution in [2.24, 2.45) is 5.92 Å². The number of amides is 2. The first-order valence-corrected chi connectivity index (χ1v) is 8.65. The zero-order chi connectivity index (χ0) is 18.8. The van der Waals surface area contributed by atoms with E-state index in [1.807, 2.05) is 4.90 Å². The highest BCUT2D eigenvalue weighted by Crippen LogP contribution is 2.31. The minimum Gasteiger partial charge on any atom is -0.481 e. The van der Waals surface area contributed by atoms with Crippen LogP contribution < -0.4 is 14.4 Å². The van der Waals surface area contributed by atoms with Gasteiger partial charge in [-0.2, -0.15) is 9.97 Å². The highest BCUT2D eigenvalue weighted by atomic mass is 16.5. The summed E-state index contributed by atoms with van der Waals surface area (Å²) >= 11 is 0. The Hall–Kier alpha value is -2.58. The van der Waals surface area contributed by atoms with Crippen LogP contribution in [-0.4, -0.2) is 85.6 Å². The van der Waals surface area contributed by atoms with Crippen molar-refractivity contribution < 1.29 is 19.1 Å². The second kappa shape index (κ2) is 7.35. The normalized spacial score (nSPS) is 22.2. The summed E-state index contributed by atoms with van der Waals surface area (Å²) in [6.45, 7) is 1.22. The molecule has 9 heteroatoms. The molecule has 4 heterocycles. The predicted molar refractivity (Wildman–Crippen MR) is 94.3 cm³/mol. The summed E-state index contributed by atoms with van der Waals surface area (Å²) in [6, 6.07) is 1.58. The fourth-order valence-corrected chi connectivity index (χ4v) is 3.44. The van der Waals surface area contributed by atoms with Gasteiger partial charge >= 0.3 is 0 Å². The van der Waals surface area contributed by atoms with Crippen LogP contribution in [0.3, 0.4) is 0 Å². The highest BCUT2D eigenvalue weighted by molar-refractivity contribution is 5.87. The monoisotopic (exact) mass is 363 g/mol. The van der Waals surface area contributed by atoms with Crippen LogP contribution in [0.25, 0.3) is 0 Å². The number of rotatable bonds is 5. The Morgan fingerprint density at radius 1 is 1.19 bits per heavy atom. The summed E-state index contributed by atoms with van der Waals surface area (Å²) in [4.78, 5) is 39.0. The second-order valence-electron chi connectivity index (χ2n) is 6.84. The first-order chi connectivity index (χ1) is 12.4. The van der Waals surface area contributed by atoms with E-state index >= 15 is 0 Å². The van der Waals surface area contributed by atoms with Crippen LogP contribution in [0.15, 0.2) is 6.07 Å². The van der Waals surface area contributed by atoms with Crippen molar-refractivity contribution in [3.05, 3.63) is 6.07 Å². The molecule has 3 aliphatic rings. The van der Waals surface area contributed by atoms with Gasteiger partial charge in [0.05, 0.1) is 26.2 Å². The SMILES string of the molecule is COc1cc(OC)nc(N2C[C@H]3CC[C@@H](C2)N(CC(=O)N(C)C)C3=O)n1. The van der Waals surface area contributed by atoms with Crippen molar-refractivity contribution in [2.45, 2.75) is 18.9 Å². The zero-order valence-electron chi connectivity index (χ0n) is 15.6. The number of likely N-dealkylation sites (N-methyl/N-ethyl adjacent to an activating group) is 1. The lowest BCUT2D eigenvalue weighted by atomic mass is 9.94. The molecule has 0 radical (unpaired) electrons. The number of carbonyl (C=O) groups excluding carboxylic acids is 2. The first kappa shape index (κ1) is 18.2. The van der Waals surface area contributed by atoms with Crippen LogP contribution in [0.5, 0.6) is 11.8 Å². The van der Waals surface area contributed by atoms with Crippen molar-refractivity contribution in [3.63, 3.8) is 0 Å². The molecule has 2 bridgehead atoms. The first-order valence-electron chi connectivity index (χ1n) is 8.65. The van der Waals surface area contributed by atoms with Crippen LogP contribution in [0.4, 0.5) is 5.95 Å². The Balaban J connectivity index is 1.85. The molecule has 4 rings (SSSR count). The van der Waals surface area contributed by atoms with Crippen molar-refractivity contribution in [1.29, 1.82) is 0 Å². The Morgan fingerprint density at radius 3 is 2.42 bits per heavy atom. The number of anilines is 1. The third-order valence-electron chi connectivity index (χ3n) is 4.97. The molecule has 3 fully saturated rings. The van der Waals surface area contributed by atoms with Crippen molar-refractivity contribution >= 4 is 17.8 Å². The van der Waals surface area contributed by atoms with Crippen LogP contribution >= 0.6 is 0 Å². The maximum absolute atomic E-state index is 12.8. The molecule has 3 aliphatic heterocycles. The van der Waals surface area contributed by atoms with E-state index in [4.69, 9.17) is 9.47 Å². The molecular weight excluding hydrogens is 338 g/mol. The summed E-state index contributed by atoms with van der Waals surface area (Å²) in [7, 11) is 6.47. The lowest BCUT2D eigenvalue weighted by Gasteiger charge is -2.35. The molecule has 0 spiro atoms. The van der Waals surface area contributed by atoms with E-state index in [9.17, 15) is 9.59 Å². The van der Waals surface area contributed by atoms with Gasteiger partial charge in [0.1, 0.15) is 6.54 Å². The Labute approximate surface area is 152 Å². The van der Waals surface area contributed by atoms with E-state index in [1.165, 1.54) is 19.1 Å². The number of fused-ring (bicyclic) bond motifs is 4. The molecule has 0 N–H and O–H groups in total. The Bertz CT molecular complexity index is 673. The number of hydrogen-bond acceptors (Lipinski definition) is 7. The van der Waals surface area contributed by atoms with Gasteiger partial charge < -0.3 is 24.2 Å². The van der Waals surface area contributed by atoms with Gasteiger partial charge in [-0.1, -0.05) is 0 Å². The van der Waals surface area contributed by atoms with Crippen LogP contribution in [0, 0.1) is 5.92 Å². The van der Waals surface area contributed by atoms with Crippen LogP contribution in [0.2, 0.25) is 0 Å². The average Bonchev–Trinajstić information content (AvgIpc) is 2.93. The molecule has 1 aromatic rings. The minimum atomic E-state index is -0.162. The van der Waals surface area contributed by atoms with Gasteiger partial charge in [-0.15, -0.1) is 0 Å². The molecule has 26 heavy (non-hydrogen) atoms. The van der Waals surface area contributed by atoms with E-state index < -0.39 is 0 Å². The van der Waals surface area contributed by atoms with Gasteiger partial charge in [0.2, 0.25) is 29.5 Å². The Morgan fingerprint density at radius 2 is 1.85 bits per heavy atom. The van der Waals surface area contributed by atoms with Crippen LogP contribution in [0.1, 0.15) is 12.8 Å². The van der Waals surface area contributed by atoms with Crippen molar-refractivity contribution in [1.82, 2.24) is 19.8 Å². The molecule has 0 saturated carbocycles. The van der Waals surface area contributed by atoms with Gasteiger partial charge in [0, 0.05) is 33.2 Å². The predicted octanol–water partition coefficient (Wildman–Crippen LogP) is 0.00920. The summed E-state index contributed by atoms with van der Waals surface area (Å²) in [5.41, 5.74) is 0. The molecule has 2 amide bonds. The Kier molecular flexibility index (Phi) is 5.15. The summed E-state index contributed by atoms with van der Waals surface area (Å²) < 4.78 is 10.4. The molecule has 142 valence electrons. The van der Waals surface area contributed by atoms with E-state index in [0.717, 1.165) is 12.8 Å². The van der Waals surface area contributed by atoms with Crippen LogP contribution in [-0.2, 0) is 9.59 Å². The van der Waals surface area contributed by atoms with Gasteiger partial charge in [-0.25, -0.2) is 0 Å². The topological polar surface area (TPSA) is 88.1 Å². The fraction of sp³-hybridized carbons (Fsp3) is 0.647. The van der Waals surface area contributed by atoms with Crippen molar-refractivity contribution in [2.75, 3.05) is 52.8 Å². The van der Waals surface area contributed by atoms with Gasteiger partial charge in [-0.05, 0) is 12.8 Å².